The van der Waals surface area contributed by atoms with Gasteiger partial charge in [0, 0.05) is 32.5 Å². The van der Waals surface area contributed by atoms with E-state index in [1.54, 1.807) is 0 Å². The molecule has 8 nitrogen and oxygen atoms in total. The van der Waals surface area contributed by atoms with Gasteiger partial charge in [0.2, 0.25) is 5.95 Å². The Morgan fingerprint density at radius 3 is 2.84 bits per heavy atom. The number of aryl methyl sites for hydroxylation is 2. The van der Waals surface area contributed by atoms with Gasteiger partial charge >= 0.3 is 5.82 Å². The van der Waals surface area contributed by atoms with Crippen LogP contribution in [0.25, 0.3) is 0 Å². The summed E-state index contributed by atoms with van der Waals surface area (Å²) in [4.78, 5) is 16.1. The smallest absolute Gasteiger partial charge is 0.337 e. The molecule has 1 fully saturated rings. The van der Waals surface area contributed by atoms with E-state index in [4.69, 9.17) is 4.98 Å². The fourth-order valence-corrected chi connectivity index (χ4v) is 3.54. The Morgan fingerprint density at radius 1 is 1.28 bits per heavy atom. The van der Waals surface area contributed by atoms with Crippen LogP contribution in [0.15, 0.2) is 26.6 Å². The normalized spacial score (nSPS) is 25.5. The summed E-state index contributed by atoms with van der Waals surface area (Å²) in [5, 5.41) is 9.25. The molecule has 0 amide bonds. The van der Waals surface area contributed by atoms with Crippen molar-refractivity contribution in [2.45, 2.75) is 58.5 Å². The fraction of sp³-hybridized carbons (Fsp3) is 0.647. The van der Waals surface area contributed by atoms with Crippen molar-refractivity contribution in [3.8, 4) is 0 Å². The van der Waals surface area contributed by atoms with Gasteiger partial charge in [-0.3, -0.25) is 9.67 Å². The molecule has 3 aliphatic heterocycles. The van der Waals surface area contributed by atoms with Gasteiger partial charge < -0.3 is 4.90 Å². The third-order valence-electron chi connectivity index (χ3n) is 5.09. The van der Waals surface area contributed by atoms with Crippen LogP contribution in [0.4, 0.5) is 5.95 Å². The maximum atomic E-state index is 4.75. The number of amidine groups is 1. The second kappa shape index (κ2) is 6.16. The van der Waals surface area contributed by atoms with Gasteiger partial charge in [-0.1, -0.05) is 0 Å². The minimum absolute atomic E-state index is 0.151. The highest BCUT2D eigenvalue weighted by Gasteiger charge is 2.34. The lowest BCUT2D eigenvalue weighted by Gasteiger charge is -2.18. The van der Waals surface area contributed by atoms with Crippen molar-refractivity contribution < 1.29 is 4.70 Å². The van der Waals surface area contributed by atoms with Crippen LogP contribution < -0.4 is 4.90 Å². The van der Waals surface area contributed by atoms with Crippen LogP contribution in [0.2, 0.25) is 0 Å². The Bertz CT molecular complexity index is 813. The third-order valence-corrected chi connectivity index (χ3v) is 5.09. The monoisotopic (exact) mass is 341 g/mol. The molecular formula is C17H25N8+. The second-order valence-electron chi connectivity index (χ2n) is 7.04. The van der Waals surface area contributed by atoms with Gasteiger partial charge in [-0.05, 0) is 43.7 Å². The molecule has 0 aliphatic carbocycles. The van der Waals surface area contributed by atoms with Gasteiger partial charge in [-0.2, -0.15) is 4.98 Å². The zero-order valence-electron chi connectivity index (χ0n) is 15.3. The molecule has 2 atom stereocenters. The molecule has 0 spiro atoms. The van der Waals surface area contributed by atoms with Crippen LogP contribution in [-0.2, 0) is 13.5 Å². The Hall–Kier alpha value is -2.38. The highest BCUT2D eigenvalue weighted by Crippen LogP contribution is 2.24. The van der Waals surface area contributed by atoms with Gasteiger partial charge in [0.25, 0.3) is 5.84 Å². The van der Waals surface area contributed by atoms with E-state index >= 15 is 0 Å². The minimum Gasteiger partial charge on any atom is -0.337 e. The van der Waals surface area contributed by atoms with Gasteiger partial charge in [0.15, 0.2) is 6.04 Å². The SMILES string of the molecule is CC1=C2N=C(CCc3nc(N4CCC[C@@H]4C)nn3C)N=[N+]2C(C)C=N1. The third kappa shape index (κ3) is 2.89. The van der Waals surface area contributed by atoms with Crippen LogP contribution >= 0.6 is 0 Å². The predicted octanol–water partition coefficient (Wildman–Crippen LogP) is 2.28. The first kappa shape index (κ1) is 16.1. The lowest BCUT2D eigenvalue weighted by Crippen LogP contribution is -2.27. The summed E-state index contributed by atoms with van der Waals surface area (Å²) in [7, 11) is 1.96. The number of hydrogen-bond donors (Lipinski definition) is 0. The molecule has 3 aliphatic rings. The lowest BCUT2D eigenvalue weighted by atomic mass is 10.2. The number of allylic oxidation sites excluding steroid dienone is 1. The van der Waals surface area contributed by atoms with Crippen LogP contribution in [0.1, 0.15) is 45.9 Å². The van der Waals surface area contributed by atoms with Crippen LogP contribution in [0.3, 0.4) is 0 Å². The molecule has 0 saturated carbocycles. The average Bonchev–Trinajstić information content (AvgIpc) is 3.28. The van der Waals surface area contributed by atoms with Gasteiger partial charge in [-0.25, -0.2) is 0 Å². The van der Waals surface area contributed by atoms with E-state index in [2.05, 4.69) is 38.9 Å². The van der Waals surface area contributed by atoms with E-state index in [0.29, 0.717) is 6.04 Å². The second-order valence-corrected chi connectivity index (χ2v) is 7.04. The van der Waals surface area contributed by atoms with Crippen molar-refractivity contribution in [2.24, 2.45) is 22.1 Å². The topological polar surface area (TPSA) is 74.0 Å². The molecule has 0 radical (unpaired) electrons. The maximum absolute atomic E-state index is 4.75. The first-order valence-corrected chi connectivity index (χ1v) is 9.03. The molecule has 132 valence electrons. The van der Waals surface area contributed by atoms with Crippen molar-refractivity contribution in [1.29, 1.82) is 0 Å². The molecule has 1 saturated heterocycles. The number of aromatic nitrogens is 3. The summed E-state index contributed by atoms with van der Waals surface area (Å²) >= 11 is 0. The van der Waals surface area contributed by atoms with Crippen molar-refractivity contribution in [3.05, 3.63) is 17.3 Å². The van der Waals surface area contributed by atoms with E-state index < -0.39 is 0 Å². The zero-order chi connectivity index (χ0) is 17.6. The van der Waals surface area contributed by atoms with Crippen molar-refractivity contribution in [3.63, 3.8) is 0 Å². The molecule has 4 heterocycles. The average molecular weight is 341 g/mol. The minimum atomic E-state index is 0.151. The standard InChI is InChI=1S/C17H25N8/c1-11-6-5-9-24(11)17-20-15(23(4)22-17)8-7-14-19-16-13(3)18-10-12(2)25(16)21-14/h10-12H,5-9H2,1-4H3/q+1/t11-,12?/m0/s1. The number of anilines is 1. The molecule has 0 aromatic carbocycles. The molecule has 8 heteroatoms. The van der Waals surface area contributed by atoms with Gasteiger partial charge in [0.1, 0.15) is 11.5 Å². The maximum Gasteiger partial charge on any atom is 0.367 e. The lowest BCUT2D eigenvalue weighted by molar-refractivity contribution is -0.554. The molecule has 4 rings (SSSR count). The summed E-state index contributed by atoms with van der Waals surface area (Å²) in [6.45, 7) is 7.33. The van der Waals surface area contributed by atoms with E-state index in [1.165, 1.54) is 12.8 Å². The van der Waals surface area contributed by atoms with E-state index in [0.717, 1.165) is 48.5 Å². The zero-order valence-corrected chi connectivity index (χ0v) is 15.3. The quantitative estimate of drug-likeness (QED) is 0.789. The molecular weight excluding hydrogens is 316 g/mol. The molecule has 1 aromatic heterocycles. The summed E-state index contributed by atoms with van der Waals surface area (Å²) in [5.41, 5.74) is 0.917. The van der Waals surface area contributed by atoms with Crippen LogP contribution in [-0.4, -0.2) is 50.1 Å². The van der Waals surface area contributed by atoms with E-state index in [1.807, 2.05) is 29.6 Å². The molecule has 1 aromatic rings. The van der Waals surface area contributed by atoms with E-state index in [9.17, 15) is 0 Å². The van der Waals surface area contributed by atoms with Gasteiger partial charge in [0.05, 0.1) is 6.21 Å². The number of aliphatic imine (C=N–C) groups is 2. The van der Waals surface area contributed by atoms with Crippen LogP contribution in [0, 0.1) is 0 Å². The fourth-order valence-electron chi connectivity index (χ4n) is 3.54. The number of rotatable bonds is 4. The number of azo groups is 2. The van der Waals surface area contributed by atoms with Crippen molar-refractivity contribution in [2.75, 3.05) is 11.4 Å². The number of fused-ring (bicyclic) bond motifs is 1. The molecule has 0 N–H and O–H groups in total. The van der Waals surface area contributed by atoms with Crippen molar-refractivity contribution >= 4 is 18.0 Å². The van der Waals surface area contributed by atoms with Crippen LogP contribution in [0.5, 0.6) is 0 Å². The Morgan fingerprint density at radius 2 is 2.12 bits per heavy atom. The first-order chi connectivity index (χ1) is 12.0. The largest absolute Gasteiger partial charge is 0.367 e. The highest BCUT2D eigenvalue weighted by molar-refractivity contribution is 5.84. The number of nitrogens with zero attached hydrogens (tertiary/aromatic N) is 8. The Kier molecular flexibility index (Phi) is 3.97. The molecule has 25 heavy (non-hydrogen) atoms. The summed E-state index contributed by atoms with van der Waals surface area (Å²) < 4.78 is 3.84. The first-order valence-electron chi connectivity index (χ1n) is 9.03. The molecule has 1 unspecified atom stereocenters. The Labute approximate surface area is 147 Å². The van der Waals surface area contributed by atoms with Crippen molar-refractivity contribution in [1.82, 2.24) is 14.8 Å². The van der Waals surface area contributed by atoms with E-state index in [-0.39, 0.29) is 6.04 Å². The molecule has 0 bridgehead atoms. The predicted molar refractivity (Wildman–Crippen MR) is 96.1 cm³/mol. The number of hydrogen-bond acceptors (Lipinski definition) is 6. The summed E-state index contributed by atoms with van der Waals surface area (Å²) in [6, 6.07) is 0.676. The summed E-state index contributed by atoms with van der Waals surface area (Å²) in [6.07, 6.45) is 5.88. The van der Waals surface area contributed by atoms with Gasteiger partial charge in [-0.15, -0.1) is 9.80 Å². The highest BCUT2D eigenvalue weighted by atomic mass is 15.4. The summed E-state index contributed by atoms with van der Waals surface area (Å²) in [5.74, 6) is 3.54. The Balaban J connectivity index is 1.47.